The molecular weight excluding hydrogens is 416 g/mol. The van der Waals surface area contributed by atoms with E-state index in [0.29, 0.717) is 36.5 Å². The Morgan fingerprint density at radius 3 is 2.68 bits per heavy atom. The number of carbonyl (C=O) groups excluding carboxylic acids is 1. The van der Waals surface area contributed by atoms with E-state index in [1.165, 1.54) is 0 Å². The number of hydrogen-bond acceptors (Lipinski definition) is 4. The summed E-state index contributed by atoms with van der Waals surface area (Å²) in [5.74, 6) is 1.57. The van der Waals surface area contributed by atoms with E-state index in [4.69, 9.17) is 26.8 Å². The smallest absolute Gasteiger partial charge is 0.224 e. The maximum atomic E-state index is 11.7. The number of halogens is 1. The van der Waals surface area contributed by atoms with Crippen LogP contribution in [0.1, 0.15) is 25.8 Å². The summed E-state index contributed by atoms with van der Waals surface area (Å²) in [6, 6.07) is 13.4. The predicted octanol–water partition coefficient (Wildman–Crippen LogP) is 3.61. The summed E-state index contributed by atoms with van der Waals surface area (Å²) in [4.78, 5) is 16.3. The van der Waals surface area contributed by atoms with Gasteiger partial charge in [0.2, 0.25) is 5.91 Å². The number of nitrogens with one attached hydrogen (secondary N) is 2. The Morgan fingerprint density at radius 1 is 1.16 bits per heavy atom. The van der Waals surface area contributed by atoms with E-state index in [1.54, 1.807) is 13.8 Å². The third-order valence-electron chi connectivity index (χ3n) is 4.90. The molecule has 0 spiro atoms. The standard InChI is InChI=1S/C23H29ClN4O3/c1-23(2,21(25)29)15-27-22(26-10-9-16-5-3-6-17(24)13-16)28-18-7-8-19-20(14-18)31-12-4-11-30-19/h3,5-8,13-14H,4,9-12,15H2,1-2H3,(H2,25,29)(H2,26,27,28). The van der Waals surface area contributed by atoms with E-state index in [1.807, 2.05) is 42.5 Å². The molecule has 0 unspecified atom stereocenters. The van der Waals surface area contributed by atoms with Crippen molar-refractivity contribution in [2.24, 2.45) is 16.1 Å². The first kappa shape index (κ1) is 22.7. The Bertz CT molecular complexity index is 946. The van der Waals surface area contributed by atoms with Crippen LogP contribution in [0.5, 0.6) is 11.5 Å². The number of carbonyl (C=O) groups is 1. The van der Waals surface area contributed by atoms with E-state index in [9.17, 15) is 4.79 Å². The Labute approximate surface area is 188 Å². The predicted molar refractivity (Wildman–Crippen MR) is 124 cm³/mol. The lowest BCUT2D eigenvalue weighted by atomic mass is 9.93. The third kappa shape index (κ3) is 6.79. The van der Waals surface area contributed by atoms with Crippen molar-refractivity contribution in [2.75, 3.05) is 31.6 Å². The summed E-state index contributed by atoms with van der Waals surface area (Å²) < 4.78 is 11.5. The Kier molecular flexibility index (Phi) is 7.63. The molecule has 0 aliphatic carbocycles. The van der Waals surface area contributed by atoms with Crippen molar-refractivity contribution in [3.05, 3.63) is 53.1 Å². The molecule has 8 heteroatoms. The zero-order valence-electron chi connectivity index (χ0n) is 17.9. The summed E-state index contributed by atoms with van der Waals surface area (Å²) in [6.07, 6.45) is 1.61. The van der Waals surface area contributed by atoms with E-state index in [-0.39, 0.29) is 6.54 Å². The first-order valence-electron chi connectivity index (χ1n) is 10.3. The fraction of sp³-hybridized carbons (Fsp3) is 0.391. The normalized spacial score (nSPS) is 14.0. The molecule has 1 aliphatic heterocycles. The molecule has 3 rings (SSSR count). The number of hydrogen-bond donors (Lipinski definition) is 3. The van der Waals surface area contributed by atoms with Gasteiger partial charge in [-0.1, -0.05) is 23.7 Å². The van der Waals surface area contributed by atoms with Crippen LogP contribution in [0.15, 0.2) is 47.5 Å². The Hall–Kier alpha value is -2.93. The van der Waals surface area contributed by atoms with Crippen LogP contribution >= 0.6 is 11.6 Å². The lowest BCUT2D eigenvalue weighted by Gasteiger charge is -2.20. The lowest BCUT2D eigenvalue weighted by Crippen LogP contribution is -2.37. The molecule has 0 bridgehead atoms. The van der Waals surface area contributed by atoms with Crippen molar-refractivity contribution >= 4 is 29.2 Å². The number of amides is 1. The lowest BCUT2D eigenvalue weighted by molar-refractivity contribution is -0.125. The molecule has 7 nitrogen and oxygen atoms in total. The summed E-state index contributed by atoms with van der Waals surface area (Å²) >= 11 is 6.07. The number of primary amides is 1. The van der Waals surface area contributed by atoms with Crippen molar-refractivity contribution in [3.63, 3.8) is 0 Å². The molecule has 0 radical (unpaired) electrons. The number of aliphatic imine (C=N–C) groups is 1. The summed E-state index contributed by atoms with van der Waals surface area (Å²) in [5, 5.41) is 7.30. The number of fused-ring (bicyclic) bond motifs is 1. The number of nitrogens with two attached hydrogens (primary N) is 1. The third-order valence-corrected chi connectivity index (χ3v) is 5.14. The van der Waals surface area contributed by atoms with Gasteiger partial charge in [-0.2, -0.15) is 0 Å². The summed E-state index contributed by atoms with van der Waals surface area (Å²) in [6.45, 7) is 5.68. The van der Waals surface area contributed by atoms with Gasteiger partial charge in [-0.25, -0.2) is 0 Å². The van der Waals surface area contributed by atoms with Crippen LogP contribution in [0, 0.1) is 5.41 Å². The van der Waals surface area contributed by atoms with E-state index in [0.717, 1.165) is 29.8 Å². The second-order valence-corrected chi connectivity index (χ2v) is 8.49. The molecule has 2 aromatic carbocycles. The van der Waals surface area contributed by atoms with Gasteiger partial charge in [0.05, 0.1) is 25.2 Å². The number of ether oxygens (including phenoxy) is 2. The molecule has 1 aliphatic rings. The fourth-order valence-corrected chi connectivity index (χ4v) is 3.10. The number of anilines is 1. The number of nitrogens with zero attached hydrogens (tertiary/aromatic N) is 1. The second-order valence-electron chi connectivity index (χ2n) is 8.06. The summed E-state index contributed by atoms with van der Waals surface area (Å²) in [7, 11) is 0. The Morgan fingerprint density at radius 2 is 1.94 bits per heavy atom. The van der Waals surface area contributed by atoms with Crippen LogP contribution in [-0.4, -0.2) is 38.2 Å². The van der Waals surface area contributed by atoms with Crippen LogP contribution in [0.4, 0.5) is 5.69 Å². The molecule has 0 fully saturated rings. The molecule has 2 aromatic rings. The monoisotopic (exact) mass is 444 g/mol. The fourth-order valence-electron chi connectivity index (χ4n) is 2.89. The minimum absolute atomic E-state index is 0.249. The van der Waals surface area contributed by atoms with Gasteiger partial charge < -0.3 is 25.8 Å². The van der Waals surface area contributed by atoms with Crippen LogP contribution in [-0.2, 0) is 11.2 Å². The van der Waals surface area contributed by atoms with Crippen molar-refractivity contribution in [2.45, 2.75) is 26.7 Å². The maximum absolute atomic E-state index is 11.7. The van der Waals surface area contributed by atoms with Gasteiger partial charge in [-0.3, -0.25) is 9.79 Å². The van der Waals surface area contributed by atoms with Gasteiger partial charge in [0.25, 0.3) is 0 Å². The SMILES string of the molecule is CC(C)(CN=C(NCCc1cccc(Cl)c1)Nc1ccc2c(c1)OCCCO2)C(N)=O. The molecule has 0 aromatic heterocycles. The highest BCUT2D eigenvalue weighted by atomic mass is 35.5. The highest BCUT2D eigenvalue weighted by Gasteiger charge is 2.24. The van der Waals surface area contributed by atoms with Gasteiger partial charge in [0.15, 0.2) is 17.5 Å². The molecule has 1 amide bonds. The van der Waals surface area contributed by atoms with Crippen LogP contribution in [0.3, 0.4) is 0 Å². The first-order chi connectivity index (χ1) is 14.8. The van der Waals surface area contributed by atoms with Gasteiger partial charge in [-0.15, -0.1) is 0 Å². The molecule has 166 valence electrons. The van der Waals surface area contributed by atoms with E-state index >= 15 is 0 Å². The van der Waals surface area contributed by atoms with Gasteiger partial charge >= 0.3 is 0 Å². The first-order valence-corrected chi connectivity index (χ1v) is 10.7. The number of guanidine groups is 1. The van der Waals surface area contributed by atoms with Gasteiger partial charge in [-0.05, 0) is 50.1 Å². The number of benzene rings is 2. The van der Waals surface area contributed by atoms with E-state index in [2.05, 4.69) is 15.6 Å². The van der Waals surface area contributed by atoms with E-state index < -0.39 is 11.3 Å². The second kappa shape index (κ2) is 10.4. The molecule has 4 N–H and O–H groups in total. The van der Waals surface area contributed by atoms with Crippen molar-refractivity contribution in [1.82, 2.24) is 5.32 Å². The van der Waals surface area contributed by atoms with Gasteiger partial charge in [0.1, 0.15) is 0 Å². The largest absolute Gasteiger partial charge is 0.490 e. The average Bonchev–Trinajstić information content (AvgIpc) is 2.97. The minimum atomic E-state index is -0.758. The van der Waals surface area contributed by atoms with Crippen molar-refractivity contribution in [1.29, 1.82) is 0 Å². The van der Waals surface area contributed by atoms with Gasteiger partial charge in [0, 0.05) is 29.7 Å². The number of rotatable bonds is 7. The Balaban J connectivity index is 1.72. The highest BCUT2D eigenvalue weighted by Crippen LogP contribution is 2.32. The molecule has 0 saturated carbocycles. The maximum Gasteiger partial charge on any atom is 0.224 e. The van der Waals surface area contributed by atoms with Crippen molar-refractivity contribution < 1.29 is 14.3 Å². The molecule has 1 heterocycles. The average molecular weight is 445 g/mol. The molecule has 0 saturated heterocycles. The van der Waals surface area contributed by atoms with Crippen molar-refractivity contribution in [3.8, 4) is 11.5 Å². The molecular formula is C23H29ClN4O3. The minimum Gasteiger partial charge on any atom is -0.490 e. The quantitative estimate of drug-likeness (QED) is 0.447. The molecule has 31 heavy (non-hydrogen) atoms. The summed E-state index contributed by atoms with van der Waals surface area (Å²) in [5.41, 5.74) is 6.66. The topological polar surface area (TPSA) is 98.0 Å². The van der Waals surface area contributed by atoms with Crippen LogP contribution in [0.2, 0.25) is 5.02 Å². The zero-order valence-corrected chi connectivity index (χ0v) is 18.7. The zero-order chi connectivity index (χ0) is 22.3. The van der Waals surface area contributed by atoms with Crippen LogP contribution in [0.25, 0.3) is 0 Å². The highest BCUT2D eigenvalue weighted by molar-refractivity contribution is 6.30. The van der Waals surface area contributed by atoms with Crippen LogP contribution < -0.4 is 25.8 Å². The molecule has 0 atom stereocenters.